The first-order chi connectivity index (χ1) is 9.48. The molecule has 0 bridgehead atoms. The third kappa shape index (κ3) is 4.00. The van der Waals surface area contributed by atoms with Crippen LogP contribution in [0, 0.1) is 17.0 Å². The number of benzene rings is 1. The van der Waals surface area contributed by atoms with Crippen LogP contribution in [-0.2, 0) is 11.2 Å². The minimum absolute atomic E-state index is 0.0508. The van der Waals surface area contributed by atoms with Crippen molar-refractivity contribution >= 4 is 5.91 Å². The second-order valence-electron chi connectivity index (χ2n) is 5.78. The molecule has 110 valence electrons. The van der Waals surface area contributed by atoms with Crippen molar-refractivity contribution in [3.8, 4) is 0 Å². The molecule has 2 rings (SSSR count). The molecular formula is C15H20F2N2O. The van der Waals surface area contributed by atoms with Crippen molar-refractivity contribution < 1.29 is 13.6 Å². The summed E-state index contributed by atoms with van der Waals surface area (Å²) in [6, 6.07) is 3.28. The highest BCUT2D eigenvalue weighted by Gasteiger charge is 2.27. The summed E-state index contributed by atoms with van der Waals surface area (Å²) in [6.07, 6.45) is 2.10. The van der Waals surface area contributed by atoms with Crippen LogP contribution < -0.4 is 10.6 Å². The fraction of sp³-hybridized carbons (Fsp3) is 0.533. The van der Waals surface area contributed by atoms with Gasteiger partial charge in [-0.3, -0.25) is 4.79 Å². The summed E-state index contributed by atoms with van der Waals surface area (Å²) in [7, 11) is 0. The van der Waals surface area contributed by atoms with Crippen molar-refractivity contribution in [2.24, 2.45) is 5.41 Å². The molecule has 1 fully saturated rings. The number of piperidine rings is 1. The van der Waals surface area contributed by atoms with Crippen LogP contribution in [0.15, 0.2) is 18.2 Å². The number of rotatable bonds is 4. The third-order valence-corrected chi connectivity index (χ3v) is 3.76. The molecule has 20 heavy (non-hydrogen) atoms. The van der Waals surface area contributed by atoms with Crippen LogP contribution in [0.1, 0.15) is 25.3 Å². The maximum atomic E-state index is 13.5. The van der Waals surface area contributed by atoms with Gasteiger partial charge < -0.3 is 10.6 Å². The summed E-state index contributed by atoms with van der Waals surface area (Å²) in [5, 5.41) is 6.15. The zero-order valence-corrected chi connectivity index (χ0v) is 11.6. The Labute approximate surface area is 117 Å². The lowest BCUT2D eigenvalue weighted by atomic mass is 9.83. The topological polar surface area (TPSA) is 41.1 Å². The summed E-state index contributed by atoms with van der Waals surface area (Å²) in [5.74, 6) is -1.54. The van der Waals surface area contributed by atoms with Gasteiger partial charge in [-0.2, -0.15) is 0 Å². The third-order valence-electron chi connectivity index (χ3n) is 3.76. The Balaban J connectivity index is 1.86. The van der Waals surface area contributed by atoms with Crippen molar-refractivity contribution in [1.29, 1.82) is 0 Å². The van der Waals surface area contributed by atoms with Gasteiger partial charge in [0.2, 0.25) is 5.91 Å². The Kier molecular flexibility index (Phi) is 4.70. The predicted molar refractivity (Wildman–Crippen MR) is 73.3 cm³/mol. The number of amides is 1. The van der Waals surface area contributed by atoms with Crippen LogP contribution in [0.5, 0.6) is 0 Å². The lowest BCUT2D eigenvalue weighted by Crippen LogP contribution is -2.46. The Morgan fingerprint density at radius 3 is 2.90 bits per heavy atom. The maximum absolute atomic E-state index is 13.5. The molecule has 0 radical (unpaired) electrons. The number of carbonyl (C=O) groups is 1. The van der Waals surface area contributed by atoms with Crippen LogP contribution in [0.3, 0.4) is 0 Å². The SMILES string of the molecule is CC1(CNC(=O)Cc2ccc(F)cc2F)CCCNC1. The number of halogens is 2. The van der Waals surface area contributed by atoms with E-state index in [1.165, 1.54) is 6.07 Å². The van der Waals surface area contributed by atoms with Crippen LogP contribution >= 0.6 is 0 Å². The van der Waals surface area contributed by atoms with E-state index < -0.39 is 11.6 Å². The van der Waals surface area contributed by atoms with Gasteiger partial charge in [-0.05, 0) is 36.4 Å². The summed E-state index contributed by atoms with van der Waals surface area (Å²) in [4.78, 5) is 11.8. The molecule has 1 atom stereocenters. The smallest absolute Gasteiger partial charge is 0.224 e. The molecule has 0 aromatic heterocycles. The van der Waals surface area contributed by atoms with Gasteiger partial charge in [0.15, 0.2) is 0 Å². The monoisotopic (exact) mass is 282 g/mol. The Morgan fingerprint density at radius 1 is 1.45 bits per heavy atom. The summed E-state index contributed by atoms with van der Waals surface area (Å²) in [6.45, 7) is 4.59. The Bertz CT molecular complexity index is 485. The Hall–Kier alpha value is -1.49. The molecular weight excluding hydrogens is 262 g/mol. The standard InChI is InChI=1S/C15H20F2N2O/c1-15(5-2-6-18-9-15)10-19-14(20)7-11-3-4-12(16)8-13(11)17/h3-4,8,18H,2,5-7,9-10H2,1H3,(H,19,20). The first-order valence-electron chi connectivity index (χ1n) is 6.90. The van der Waals surface area contributed by atoms with Gasteiger partial charge in [-0.25, -0.2) is 8.78 Å². The summed E-state index contributed by atoms with van der Waals surface area (Å²) < 4.78 is 26.2. The summed E-state index contributed by atoms with van der Waals surface area (Å²) >= 11 is 0. The van der Waals surface area contributed by atoms with E-state index in [1.54, 1.807) is 0 Å². The van der Waals surface area contributed by atoms with E-state index in [9.17, 15) is 13.6 Å². The van der Waals surface area contributed by atoms with E-state index >= 15 is 0 Å². The van der Waals surface area contributed by atoms with Gasteiger partial charge in [0, 0.05) is 19.2 Å². The van der Waals surface area contributed by atoms with Crippen molar-refractivity contribution in [3.05, 3.63) is 35.4 Å². The van der Waals surface area contributed by atoms with Gasteiger partial charge in [0.1, 0.15) is 11.6 Å². The zero-order valence-electron chi connectivity index (χ0n) is 11.6. The van der Waals surface area contributed by atoms with Gasteiger partial charge in [-0.1, -0.05) is 13.0 Å². The van der Waals surface area contributed by atoms with Crippen molar-refractivity contribution in [1.82, 2.24) is 10.6 Å². The van der Waals surface area contributed by atoms with Gasteiger partial charge >= 0.3 is 0 Å². The Morgan fingerprint density at radius 2 is 2.25 bits per heavy atom. The normalized spacial score (nSPS) is 22.6. The first kappa shape index (κ1) is 14.9. The quantitative estimate of drug-likeness (QED) is 0.887. The average Bonchev–Trinajstić information content (AvgIpc) is 2.41. The number of hydrogen-bond acceptors (Lipinski definition) is 2. The van der Waals surface area contributed by atoms with E-state index in [1.807, 2.05) is 0 Å². The molecule has 1 aliphatic rings. The largest absolute Gasteiger partial charge is 0.355 e. The van der Waals surface area contributed by atoms with E-state index in [0.29, 0.717) is 6.54 Å². The first-order valence-corrected chi connectivity index (χ1v) is 6.90. The van der Waals surface area contributed by atoms with Crippen LogP contribution in [0.25, 0.3) is 0 Å². The fourth-order valence-corrected chi connectivity index (χ4v) is 2.48. The van der Waals surface area contributed by atoms with Crippen LogP contribution in [-0.4, -0.2) is 25.5 Å². The molecule has 1 heterocycles. The number of carbonyl (C=O) groups excluding carboxylic acids is 1. The maximum Gasteiger partial charge on any atom is 0.224 e. The highest BCUT2D eigenvalue weighted by molar-refractivity contribution is 5.78. The fourth-order valence-electron chi connectivity index (χ4n) is 2.48. The van der Waals surface area contributed by atoms with Crippen LogP contribution in [0.2, 0.25) is 0 Å². The van der Waals surface area contributed by atoms with Crippen molar-refractivity contribution in [2.75, 3.05) is 19.6 Å². The molecule has 1 amide bonds. The van der Waals surface area contributed by atoms with Crippen molar-refractivity contribution in [2.45, 2.75) is 26.2 Å². The molecule has 1 saturated heterocycles. The average molecular weight is 282 g/mol. The van der Waals surface area contributed by atoms with E-state index in [4.69, 9.17) is 0 Å². The zero-order chi connectivity index (χ0) is 14.6. The van der Waals surface area contributed by atoms with Crippen molar-refractivity contribution in [3.63, 3.8) is 0 Å². The number of nitrogens with one attached hydrogen (secondary N) is 2. The van der Waals surface area contributed by atoms with Gasteiger partial charge in [-0.15, -0.1) is 0 Å². The molecule has 1 aromatic carbocycles. The van der Waals surface area contributed by atoms with Gasteiger partial charge in [0.25, 0.3) is 0 Å². The second-order valence-corrected chi connectivity index (χ2v) is 5.78. The molecule has 0 spiro atoms. The molecule has 0 aliphatic carbocycles. The molecule has 5 heteroatoms. The molecule has 0 saturated carbocycles. The minimum Gasteiger partial charge on any atom is -0.355 e. The predicted octanol–water partition coefficient (Wildman–Crippen LogP) is 2.01. The second kappa shape index (κ2) is 6.31. The molecule has 1 aromatic rings. The molecule has 1 aliphatic heterocycles. The van der Waals surface area contributed by atoms with E-state index in [2.05, 4.69) is 17.6 Å². The van der Waals surface area contributed by atoms with Crippen LogP contribution in [0.4, 0.5) is 8.78 Å². The minimum atomic E-state index is -0.675. The lowest BCUT2D eigenvalue weighted by Gasteiger charge is -2.34. The molecule has 3 nitrogen and oxygen atoms in total. The highest BCUT2D eigenvalue weighted by atomic mass is 19.1. The van der Waals surface area contributed by atoms with Gasteiger partial charge in [0.05, 0.1) is 6.42 Å². The van der Waals surface area contributed by atoms with E-state index in [0.717, 1.165) is 38.1 Å². The molecule has 2 N–H and O–H groups in total. The number of hydrogen-bond donors (Lipinski definition) is 2. The highest BCUT2D eigenvalue weighted by Crippen LogP contribution is 2.24. The lowest BCUT2D eigenvalue weighted by molar-refractivity contribution is -0.121. The summed E-state index contributed by atoms with van der Waals surface area (Å²) in [5.41, 5.74) is 0.269. The van der Waals surface area contributed by atoms with E-state index in [-0.39, 0.29) is 23.3 Å². The molecule has 1 unspecified atom stereocenters.